The van der Waals surface area contributed by atoms with Gasteiger partial charge in [-0.3, -0.25) is 0 Å². The van der Waals surface area contributed by atoms with Crippen LogP contribution >= 0.6 is 12.2 Å². The summed E-state index contributed by atoms with van der Waals surface area (Å²) in [5.41, 5.74) is 0.856. The third-order valence-electron chi connectivity index (χ3n) is 3.46. The first-order valence-electron chi connectivity index (χ1n) is 7.64. The van der Waals surface area contributed by atoms with Crippen molar-refractivity contribution in [1.29, 1.82) is 0 Å². The number of aromatic amines is 1. The summed E-state index contributed by atoms with van der Waals surface area (Å²) >= 11 is 5.50. The van der Waals surface area contributed by atoms with E-state index in [0.29, 0.717) is 4.77 Å². The molecular formula is C17H22N2OSSe. The van der Waals surface area contributed by atoms with Gasteiger partial charge in [-0.2, -0.15) is 0 Å². The van der Waals surface area contributed by atoms with Gasteiger partial charge < -0.3 is 0 Å². The van der Waals surface area contributed by atoms with Gasteiger partial charge >= 0.3 is 143 Å². The molecule has 0 saturated heterocycles. The SMILES string of the molecule is CCCCn1c([Se]c2ccccc2)c(C(C)C)c(=O)[nH]c1=S. The fraction of sp³-hybridized carbons (Fsp3) is 0.412. The van der Waals surface area contributed by atoms with Crippen LogP contribution in [0, 0.1) is 4.77 Å². The molecular weight excluding hydrogens is 359 g/mol. The molecule has 0 radical (unpaired) electrons. The Morgan fingerprint density at radius 3 is 2.55 bits per heavy atom. The van der Waals surface area contributed by atoms with Crippen molar-refractivity contribution in [2.45, 2.75) is 46.1 Å². The van der Waals surface area contributed by atoms with Crippen molar-refractivity contribution >= 4 is 36.2 Å². The van der Waals surface area contributed by atoms with Gasteiger partial charge in [0.1, 0.15) is 0 Å². The van der Waals surface area contributed by atoms with Gasteiger partial charge in [0.15, 0.2) is 0 Å². The van der Waals surface area contributed by atoms with E-state index in [-0.39, 0.29) is 26.4 Å². The second-order valence-electron chi connectivity index (χ2n) is 5.55. The van der Waals surface area contributed by atoms with Crippen LogP contribution in [0.5, 0.6) is 0 Å². The zero-order chi connectivity index (χ0) is 16.1. The fourth-order valence-electron chi connectivity index (χ4n) is 2.31. The van der Waals surface area contributed by atoms with Crippen molar-refractivity contribution in [3.8, 4) is 0 Å². The summed E-state index contributed by atoms with van der Waals surface area (Å²) in [5, 5.41) is 0. The summed E-state index contributed by atoms with van der Waals surface area (Å²) in [7, 11) is 0. The summed E-state index contributed by atoms with van der Waals surface area (Å²) in [6.07, 6.45) is 2.17. The number of nitrogens with one attached hydrogen (secondary N) is 1. The van der Waals surface area contributed by atoms with Crippen LogP contribution < -0.4 is 14.6 Å². The molecule has 1 heterocycles. The summed E-state index contributed by atoms with van der Waals surface area (Å²) in [6, 6.07) is 10.4. The molecule has 1 aromatic carbocycles. The Morgan fingerprint density at radius 2 is 1.95 bits per heavy atom. The molecule has 1 N–H and O–H groups in total. The molecule has 0 fully saturated rings. The Bertz CT molecular complexity index is 735. The number of H-pyrrole nitrogens is 1. The summed E-state index contributed by atoms with van der Waals surface area (Å²) in [4.78, 5) is 15.2. The minimum atomic E-state index is -0.0273. The van der Waals surface area contributed by atoms with Crippen molar-refractivity contribution in [2.24, 2.45) is 0 Å². The molecule has 2 aromatic rings. The van der Waals surface area contributed by atoms with E-state index in [0.717, 1.165) is 29.5 Å². The molecule has 0 spiro atoms. The molecule has 1 aromatic heterocycles. The number of unbranched alkanes of at least 4 members (excludes halogenated alkanes) is 1. The molecule has 0 amide bonds. The maximum atomic E-state index is 12.4. The third kappa shape index (κ3) is 3.97. The molecule has 3 nitrogen and oxygen atoms in total. The average Bonchev–Trinajstić information content (AvgIpc) is 2.47. The van der Waals surface area contributed by atoms with Gasteiger partial charge in [0.2, 0.25) is 0 Å². The summed E-state index contributed by atoms with van der Waals surface area (Å²) in [5.74, 6) is 0.188. The Labute approximate surface area is 142 Å². The van der Waals surface area contributed by atoms with Crippen molar-refractivity contribution in [3.05, 3.63) is 51.0 Å². The Hall–Kier alpha value is -1.16. The molecule has 0 aliphatic carbocycles. The van der Waals surface area contributed by atoms with Crippen LogP contribution in [0.2, 0.25) is 0 Å². The maximum absolute atomic E-state index is 12.4. The molecule has 118 valence electrons. The Balaban J connectivity index is 2.59. The van der Waals surface area contributed by atoms with E-state index in [4.69, 9.17) is 12.2 Å². The standard InChI is InChI=1S/C17H22N2OSSe/c1-4-5-11-19-16(22-13-9-7-6-8-10-13)14(12(2)3)15(20)18-17(19)21/h6-10,12H,4-5,11H2,1-3H3,(H,18,20,21). The van der Waals surface area contributed by atoms with Crippen LogP contribution in [0.15, 0.2) is 35.1 Å². The Morgan fingerprint density at radius 1 is 1.27 bits per heavy atom. The number of rotatable bonds is 6. The van der Waals surface area contributed by atoms with Gasteiger partial charge in [-0.1, -0.05) is 0 Å². The predicted molar refractivity (Wildman–Crippen MR) is 96.3 cm³/mol. The second-order valence-corrected chi connectivity index (χ2v) is 8.17. The number of aromatic nitrogens is 2. The van der Waals surface area contributed by atoms with E-state index in [2.05, 4.69) is 42.5 Å². The molecule has 0 saturated carbocycles. The summed E-state index contributed by atoms with van der Waals surface area (Å²) in [6.45, 7) is 7.18. The number of hydrogen-bond acceptors (Lipinski definition) is 2. The van der Waals surface area contributed by atoms with E-state index in [1.807, 2.05) is 18.2 Å². The Kier molecular flexibility index (Phi) is 6.18. The zero-order valence-electron chi connectivity index (χ0n) is 13.3. The van der Waals surface area contributed by atoms with Crippen LogP contribution in [-0.2, 0) is 6.54 Å². The van der Waals surface area contributed by atoms with E-state index in [1.165, 1.54) is 4.46 Å². The second kappa shape index (κ2) is 7.91. The molecule has 0 aliphatic heterocycles. The van der Waals surface area contributed by atoms with Gasteiger partial charge in [0.05, 0.1) is 0 Å². The van der Waals surface area contributed by atoms with Crippen LogP contribution in [0.1, 0.15) is 45.1 Å². The van der Waals surface area contributed by atoms with Crippen LogP contribution in [0.3, 0.4) is 0 Å². The molecule has 5 heteroatoms. The fourth-order valence-corrected chi connectivity index (χ4v) is 5.33. The normalized spacial score (nSPS) is 11.1. The molecule has 22 heavy (non-hydrogen) atoms. The number of benzene rings is 1. The quantitative estimate of drug-likeness (QED) is 0.617. The first-order chi connectivity index (χ1) is 10.5. The van der Waals surface area contributed by atoms with Gasteiger partial charge in [-0.05, 0) is 0 Å². The van der Waals surface area contributed by atoms with Crippen LogP contribution in [0.25, 0.3) is 0 Å². The first kappa shape index (κ1) is 17.2. The van der Waals surface area contributed by atoms with Gasteiger partial charge in [-0.25, -0.2) is 0 Å². The van der Waals surface area contributed by atoms with E-state index in [1.54, 1.807) is 0 Å². The number of hydrogen-bond donors (Lipinski definition) is 1. The van der Waals surface area contributed by atoms with Crippen LogP contribution in [-0.4, -0.2) is 24.5 Å². The van der Waals surface area contributed by atoms with E-state index < -0.39 is 0 Å². The van der Waals surface area contributed by atoms with Crippen molar-refractivity contribution in [1.82, 2.24) is 9.55 Å². The van der Waals surface area contributed by atoms with E-state index >= 15 is 0 Å². The van der Waals surface area contributed by atoms with Crippen molar-refractivity contribution in [2.75, 3.05) is 0 Å². The van der Waals surface area contributed by atoms with Gasteiger partial charge in [0, 0.05) is 0 Å². The van der Waals surface area contributed by atoms with E-state index in [9.17, 15) is 4.79 Å². The van der Waals surface area contributed by atoms with Crippen LogP contribution in [0.4, 0.5) is 0 Å². The minimum absolute atomic E-state index is 0.0273. The first-order valence-corrected chi connectivity index (χ1v) is 9.76. The topological polar surface area (TPSA) is 37.8 Å². The molecule has 0 atom stereocenters. The zero-order valence-corrected chi connectivity index (χ0v) is 15.8. The van der Waals surface area contributed by atoms with Crippen molar-refractivity contribution < 1.29 is 0 Å². The molecule has 0 unspecified atom stereocenters. The average molecular weight is 381 g/mol. The van der Waals surface area contributed by atoms with Gasteiger partial charge in [-0.15, -0.1) is 0 Å². The molecule has 0 bridgehead atoms. The molecule has 0 aliphatic rings. The third-order valence-corrected chi connectivity index (χ3v) is 6.17. The monoisotopic (exact) mass is 382 g/mol. The van der Waals surface area contributed by atoms with Gasteiger partial charge in [0.25, 0.3) is 0 Å². The summed E-state index contributed by atoms with van der Waals surface area (Å²) < 4.78 is 5.08. The van der Waals surface area contributed by atoms with Crippen molar-refractivity contribution in [3.63, 3.8) is 0 Å². The number of nitrogens with zero attached hydrogens (tertiary/aromatic N) is 1. The predicted octanol–water partition coefficient (Wildman–Crippen LogP) is 2.48. The molecule has 2 rings (SSSR count).